The summed E-state index contributed by atoms with van der Waals surface area (Å²) in [6.07, 6.45) is -3.38. The number of hydrogen-bond donors (Lipinski definition) is 2. The molecule has 0 radical (unpaired) electrons. The normalized spacial score (nSPS) is 12.2. The number of benzene rings is 1. The molecular weight excluding hydrogens is 333 g/mol. The zero-order valence-corrected chi connectivity index (χ0v) is 13.2. The molecule has 0 spiro atoms. The van der Waals surface area contributed by atoms with E-state index in [2.05, 4.69) is 40.4 Å². The third kappa shape index (κ3) is 6.24. The fraction of sp³-hybridized carbons (Fsp3) is 0.571. The molecule has 6 heteroatoms. The first-order chi connectivity index (χ1) is 9.30. The van der Waals surface area contributed by atoms with Crippen LogP contribution in [0, 0.1) is 0 Å². The molecule has 20 heavy (non-hydrogen) atoms. The maximum absolute atomic E-state index is 12.7. The Hall–Kier alpha value is -0.590. The van der Waals surface area contributed by atoms with Gasteiger partial charge in [0.2, 0.25) is 0 Å². The standard InChI is InChI=1S/C14H20BrF3N2/c1-10(2)20-7-3-6-19-9-11-4-5-13(15)12(8-11)14(16,17)18/h4-5,8,10,19-20H,3,6-7,9H2,1-2H3. The van der Waals surface area contributed by atoms with Gasteiger partial charge in [-0.1, -0.05) is 35.8 Å². The molecule has 0 saturated carbocycles. The Morgan fingerprint density at radius 1 is 1.20 bits per heavy atom. The van der Waals surface area contributed by atoms with Gasteiger partial charge >= 0.3 is 6.18 Å². The van der Waals surface area contributed by atoms with Crippen LogP contribution in [0.25, 0.3) is 0 Å². The lowest BCUT2D eigenvalue weighted by molar-refractivity contribution is -0.138. The van der Waals surface area contributed by atoms with Crippen LogP contribution in [0.1, 0.15) is 31.4 Å². The zero-order chi connectivity index (χ0) is 15.2. The molecule has 114 valence electrons. The van der Waals surface area contributed by atoms with E-state index in [0.717, 1.165) is 19.5 Å². The van der Waals surface area contributed by atoms with E-state index in [4.69, 9.17) is 0 Å². The molecule has 2 nitrogen and oxygen atoms in total. The molecule has 0 atom stereocenters. The fourth-order valence-electron chi connectivity index (χ4n) is 1.74. The second-order valence-corrected chi connectivity index (χ2v) is 5.81. The first kappa shape index (κ1) is 17.5. The van der Waals surface area contributed by atoms with Crippen molar-refractivity contribution in [3.05, 3.63) is 33.8 Å². The van der Waals surface area contributed by atoms with Crippen molar-refractivity contribution in [1.82, 2.24) is 10.6 Å². The Morgan fingerprint density at radius 3 is 2.50 bits per heavy atom. The monoisotopic (exact) mass is 352 g/mol. The first-order valence-corrected chi connectivity index (χ1v) is 7.39. The number of alkyl halides is 3. The number of nitrogens with one attached hydrogen (secondary N) is 2. The minimum absolute atomic E-state index is 0.0786. The maximum atomic E-state index is 12.7. The van der Waals surface area contributed by atoms with Gasteiger partial charge in [0.1, 0.15) is 0 Å². The second kappa shape index (κ2) is 8.00. The van der Waals surface area contributed by atoms with Crippen LogP contribution in [0.2, 0.25) is 0 Å². The molecule has 0 heterocycles. The van der Waals surface area contributed by atoms with Gasteiger partial charge in [0.05, 0.1) is 5.56 Å². The highest BCUT2D eigenvalue weighted by molar-refractivity contribution is 9.10. The van der Waals surface area contributed by atoms with Gasteiger partial charge in [0.15, 0.2) is 0 Å². The third-order valence-electron chi connectivity index (χ3n) is 2.75. The lowest BCUT2D eigenvalue weighted by atomic mass is 10.1. The van der Waals surface area contributed by atoms with Crippen molar-refractivity contribution in [1.29, 1.82) is 0 Å². The van der Waals surface area contributed by atoms with Crippen LogP contribution in [-0.2, 0) is 12.7 Å². The van der Waals surface area contributed by atoms with E-state index in [0.29, 0.717) is 18.2 Å². The van der Waals surface area contributed by atoms with Crippen LogP contribution >= 0.6 is 15.9 Å². The van der Waals surface area contributed by atoms with Crippen LogP contribution < -0.4 is 10.6 Å². The molecule has 1 rings (SSSR count). The van der Waals surface area contributed by atoms with E-state index in [1.54, 1.807) is 6.07 Å². The summed E-state index contributed by atoms with van der Waals surface area (Å²) in [6, 6.07) is 4.78. The molecule has 0 fully saturated rings. The van der Waals surface area contributed by atoms with E-state index in [1.807, 2.05) is 0 Å². The molecule has 0 amide bonds. The third-order valence-corrected chi connectivity index (χ3v) is 3.44. The van der Waals surface area contributed by atoms with Gasteiger partial charge in [0.25, 0.3) is 0 Å². The molecule has 1 aromatic rings. The van der Waals surface area contributed by atoms with E-state index >= 15 is 0 Å². The molecule has 0 unspecified atom stereocenters. The van der Waals surface area contributed by atoms with Crippen LogP contribution in [0.5, 0.6) is 0 Å². The van der Waals surface area contributed by atoms with Gasteiger partial charge in [-0.05, 0) is 37.2 Å². The smallest absolute Gasteiger partial charge is 0.314 e. The Morgan fingerprint density at radius 2 is 1.90 bits per heavy atom. The average Bonchev–Trinajstić information content (AvgIpc) is 2.33. The van der Waals surface area contributed by atoms with Gasteiger partial charge in [-0.25, -0.2) is 0 Å². The SMILES string of the molecule is CC(C)NCCCNCc1ccc(Br)c(C(F)(F)F)c1. The molecule has 0 aliphatic carbocycles. The summed E-state index contributed by atoms with van der Waals surface area (Å²) in [5, 5.41) is 6.44. The predicted molar refractivity (Wildman–Crippen MR) is 78.6 cm³/mol. The Labute approximate surface area is 126 Å². The van der Waals surface area contributed by atoms with Crippen LogP contribution in [0.4, 0.5) is 13.2 Å². The molecule has 0 aliphatic rings. The van der Waals surface area contributed by atoms with Crippen molar-refractivity contribution < 1.29 is 13.2 Å². The molecule has 0 aromatic heterocycles. The van der Waals surface area contributed by atoms with Crippen molar-refractivity contribution in [2.24, 2.45) is 0 Å². The van der Waals surface area contributed by atoms with Gasteiger partial charge in [-0.3, -0.25) is 0 Å². The maximum Gasteiger partial charge on any atom is 0.417 e. The van der Waals surface area contributed by atoms with E-state index < -0.39 is 11.7 Å². The highest BCUT2D eigenvalue weighted by Crippen LogP contribution is 2.35. The molecule has 0 bridgehead atoms. The Balaban J connectivity index is 2.41. The minimum Gasteiger partial charge on any atom is -0.314 e. The summed E-state index contributed by atoms with van der Waals surface area (Å²) in [6.45, 7) is 6.27. The van der Waals surface area contributed by atoms with Crippen molar-refractivity contribution in [3.8, 4) is 0 Å². The lowest BCUT2D eigenvalue weighted by Gasteiger charge is -2.12. The van der Waals surface area contributed by atoms with Crippen LogP contribution in [0.15, 0.2) is 22.7 Å². The van der Waals surface area contributed by atoms with Gasteiger partial charge < -0.3 is 10.6 Å². The minimum atomic E-state index is -4.32. The van der Waals surface area contributed by atoms with E-state index in [1.165, 1.54) is 12.1 Å². The number of halogens is 4. The number of rotatable bonds is 7. The Kier molecular flexibility index (Phi) is 6.99. The number of hydrogen-bond acceptors (Lipinski definition) is 2. The average molecular weight is 353 g/mol. The van der Waals surface area contributed by atoms with Gasteiger partial charge in [-0.15, -0.1) is 0 Å². The largest absolute Gasteiger partial charge is 0.417 e. The molecule has 1 aromatic carbocycles. The molecule has 2 N–H and O–H groups in total. The summed E-state index contributed by atoms with van der Waals surface area (Å²) in [5.41, 5.74) is 0.00983. The fourth-order valence-corrected chi connectivity index (χ4v) is 2.21. The summed E-state index contributed by atoms with van der Waals surface area (Å²) in [4.78, 5) is 0. The summed E-state index contributed by atoms with van der Waals surface area (Å²) < 4.78 is 38.3. The predicted octanol–water partition coefficient (Wildman–Crippen LogP) is 3.95. The second-order valence-electron chi connectivity index (χ2n) is 4.95. The van der Waals surface area contributed by atoms with E-state index in [9.17, 15) is 13.2 Å². The molecule has 0 saturated heterocycles. The van der Waals surface area contributed by atoms with Gasteiger partial charge in [0, 0.05) is 17.1 Å². The van der Waals surface area contributed by atoms with Crippen molar-refractivity contribution in [2.45, 2.75) is 39.0 Å². The molecular formula is C14H20BrF3N2. The molecule has 0 aliphatic heterocycles. The highest BCUT2D eigenvalue weighted by atomic mass is 79.9. The first-order valence-electron chi connectivity index (χ1n) is 6.60. The highest BCUT2D eigenvalue weighted by Gasteiger charge is 2.32. The zero-order valence-electron chi connectivity index (χ0n) is 11.6. The topological polar surface area (TPSA) is 24.1 Å². The van der Waals surface area contributed by atoms with Gasteiger partial charge in [-0.2, -0.15) is 13.2 Å². The van der Waals surface area contributed by atoms with Crippen molar-refractivity contribution in [2.75, 3.05) is 13.1 Å². The van der Waals surface area contributed by atoms with Crippen LogP contribution in [-0.4, -0.2) is 19.1 Å². The van der Waals surface area contributed by atoms with Crippen molar-refractivity contribution >= 4 is 15.9 Å². The summed E-state index contributed by atoms with van der Waals surface area (Å²) in [5.74, 6) is 0. The summed E-state index contributed by atoms with van der Waals surface area (Å²) in [7, 11) is 0. The van der Waals surface area contributed by atoms with Crippen LogP contribution in [0.3, 0.4) is 0 Å². The Bertz CT molecular complexity index is 419. The summed E-state index contributed by atoms with van der Waals surface area (Å²) >= 11 is 2.93. The lowest BCUT2D eigenvalue weighted by Crippen LogP contribution is -2.26. The van der Waals surface area contributed by atoms with Crippen molar-refractivity contribution in [3.63, 3.8) is 0 Å². The quantitative estimate of drug-likeness (QED) is 0.726. The van der Waals surface area contributed by atoms with E-state index in [-0.39, 0.29) is 4.47 Å².